The Balaban J connectivity index is 1.56. The first kappa shape index (κ1) is 19.0. The van der Waals surface area contributed by atoms with Crippen LogP contribution in [0.5, 0.6) is 11.5 Å². The van der Waals surface area contributed by atoms with Crippen molar-refractivity contribution >= 4 is 17.7 Å². The second-order valence-corrected chi connectivity index (χ2v) is 7.50. The minimum atomic E-state index is -0.918. The van der Waals surface area contributed by atoms with E-state index >= 15 is 0 Å². The molecular weight excluding hydrogens is 368 g/mol. The van der Waals surface area contributed by atoms with E-state index in [0.717, 1.165) is 11.8 Å². The fourth-order valence-corrected chi connectivity index (χ4v) is 2.87. The highest BCUT2D eigenvalue weighted by molar-refractivity contribution is 7.99. The summed E-state index contributed by atoms with van der Waals surface area (Å²) in [5.41, 5.74) is -0.918. The first-order chi connectivity index (χ1) is 12.9. The Kier molecular flexibility index (Phi) is 5.56. The number of nitrogens with one attached hydrogen (secondary N) is 1. The van der Waals surface area contributed by atoms with Crippen LogP contribution in [-0.2, 0) is 4.79 Å². The molecule has 1 aliphatic rings. The maximum absolute atomic E-state index is 12.1. The Morgan fingerprint density at radius 2 is 2.15 bits per heavy atom. The summed E-state index contributed by atoms with van der Waals surface area (Å²) in [6.45, 7) is 5.72. The third-order valence-corrected chi connectivity index (χ3v) is 5.14. The Bertz CT molecular complexity index is 863. The van der Waals surface area contributed by atoms with Crippen LogP contribution in [-0.4, -0.2) is 34.0 Å². The minimum absolute atomic E-state index is 0.0159. The number of carbonyl (C=O) groups is 1. The molecule has 1 aromatic carbocycles. The fraction of sp³-hybridized carbons (Fsp3) is 0.444. The van der Waals surface area contributed by atoms with Crippen LogP contribution in [0.25, 0.3) is 0 Å². The van der Waals surface area contributed by atoms with Crippen LogP contribution in [0, 0.1) is 17.2 Å². The molecule has 3 rings (SSSR count). The number of thioether (sulfide) groups is 1. The molecule has 27 heavy (non-hydrogen) atoms. The van der Waals surface area contributed by atoms with Crippen LogP contribution in [0.1, 0.15) is 32.8 Å². The Hall–Kier alpha value is -2.73. The molecule has 1 aromatic heterocycles. The summed E-state index contributed by atoms with van der Waals surface area (Å²) < 4.78 is 17.0. The van der Waals surface area contributed by atoms with Crippen LogP contribution in [0.4, 0.5) is 0 Å². The zero-order valence-electron chi connectivity index (χ0n) is 15.3. The average Bonchev–Trinajstić information content (AvgIpc) is 3.15. The summed E-state index contributed by atoms with van der Waals surface area (Å²) >= 11 is 1.10. The topological polar surface area (TPSA) is 110 Å². The highest BCUT2D eigenvalue weighted by atomic mass is 32.2. The van der Waals surface area contributed by atoms with Crippen molar-refractivity contribution in [3.8, 4) is 17.6 Å². The molecule has 0 spiro atoms. The van der Waals surface area contributed by atoms with E-state index in [-0.39, 0.29) is 35.3 Å². The van der Waals surface area contributed by atoms with Gasteiger partial charge in [0.15, 0.2) is 11.5 Å². The van der Waals surface area contributed by atoms with E-state index in [4.69, 9.17) is 13.9 Å². The molecule has 142 valence electrons. The molecule has 0 aliphatic carbocycles. The summed E-state index contributed by atoms with van der Waals surface area (Å²) in [6, 6.07) is 9.49. The van der Waals surface area contributed by atoms with E-state index < -0.39 is 11.6 Å². The van der Waals surface area contributed by atoms with Crippen molar-refractivity contribution in [2.75, 3.05) is 12.4 Å². The number of nitrogens with zero attached hydrogens (tertiary/aromatic N) is 3. The smallest absolute Gasteiger partial charge is 0.277 e. The normalized spacial score (nSPS) is 17.8. The van der Waals surface area contributed by atoms with Crippen molar-refractivity contribution < 1.29 is 18.7 Å². The van der Waals surface area contributed by atoms with Crippen molar-refractivity contribution in [1.29, 1.82) is 5.26 Å². The van der Waals surface area contributed by atoms with Gasteiger partial charge in [0.2, 0.25) is 12.0 Å². The fourth-order valence-electron chi connectivity index (χ4n) is 2.30. The monoisotopic (exact) mass is 388 g/mol. The lowest BCUT2D eigenvalue weighted by Crippen LogP contribution is -2.49. The average molecular weight is 388 g/mol. The number of ether oxygens (including phenoxy) is 2. The molecule has 8 nitrogen and oxygen atoms in total. The lowest BCUT2D eigenvalue weighted by atomic mass is 9.90. The molecule has 1 aliphatic heterocycles. The van der Waals surface area contributed by atoms with Crippen LogP contribution >= 0.6 is 11.8 Å². The predicted octanol–water partition coefficient (Wildman–Crippen LogP) is 2.73. The molecule has 2 heterocycles. The largest absolute Gasteiger partial charge is 0.485 e. The number of amides is 1. The molecule has 9 heteroatoms. The first-order valence-corrected chi connectivity index (χ1v) is 9.47. The van der Waals surface area contributed by atoms with Crippen molar-refractivity contribution in [3.05, 3.63) is 30.2 Å². The SMILES string of the molecule is CC(C)[C@@](C)(C#N)NC(=O)CSc1nnc([C@H]2COc3ccccc3O2)o1. The number of fused-ring (bicyclic) bond motifs is 1. The van der Waals surface area contributed by atoms with Gasteiger partial charge in [0.05, 0.1) is 11.8 Å². The van der Waals surface area contributed by atoms with Crippen LogP contribution < -0.4 is 14.8 Å². The van der Waals surface area contributed by atoms with E-state index in [1.165, 1.54) is 0 Å². The molecule has 1 N–H and O–H groups in total. The van der Waals surface area contributed by atoms with Gasteiger partial charge in [0.1, 0.15) is 12.1 Å². The maximum atomic E-state index is 12.1. The molecule has 0 unspecified atom stereocenters. The van der Waals surface area contributed by atoms with E-state index in [2.05, 4.69) is 21.6 Å². The van der Waals surface area contributed by atoms with E-state index in [1.807, 2.05) is 32.0 Å². The molecule has 2 aromatic rings. The van der Waals surface area contributed by atoms with E-state index in [1.54, 1.807) is 13.0 Å². The standard InChI is InChI=1S/C18H20N4O4S/c1-11(2)18(3,10-19)20-15(23)9-27-17-22-21-16(26-17)14-8-24-12-6-4-5-7-13(12)25-14/h4-7,11,14H,8-9H2,1-3H3,(H,20,23)/t14-,18-/m1/s1. The zero-order chi connectivity index (χ0) is 19.4. The van der Waals surface area contributed by atoms with Gasteiger partial charge in [0.25, 0.3) is 11.1 Å². The number of hydrogen-bond acceptors (Lipinski definition) is 8. The van der Waals surface area contributed by atoms with Crippen molar-refractivity contribution in [3.63, 3.8) is 0 Å². The highest BCUT2D eigenvalue weighted by Gasteiger charge is 2.30. The molecule has 2 atom stereocenters. The van der Waals surface area contributed by atoms with Gasteiger partial charge in [-0.3, -0.25) is 4.79 Å². The van der Waals surface area contributed by atoms with Crippen molar-refractivity contribution in [2.45, 2.75) is 37.6 Å². The first-order valence-electron chi connectivity index (χ1n) is 8.48. The second-order valence-electron chi connectivity index (χ2n) is 6.58. The molecule has 0 fully saturated rings. The predicted molar refractivity (Wildman–Crippen MR) is 97.3 cm³/mol. The quantitative estimate of drug-likeness (QED) is 0.752. The Morgan fingerprint density at radius 1 is 1.41 bits per heavy atom. The van der Waals surface area contributed by atoms with Crippen LogP contribution in [0.15, 0.2) is 33.9 Å². The van der Waals surface area contributed by atoms with E-state index in [0.29, 0.717) is 11.5 Å². The highest BCUT2D eigenvalue weighted by Crippen LogP contribution is 2.35. The van der Waals surface area contributed by atoms with Crippen LogP contribution in [0.2, 0.25) is 0 Å². The van der Waals surface area contributed by atoms with Gasteiger partial charge >= 0.3 is 0 Å². The number of hydrogen-bond donors (Lipinski definition) is 1. The summed E-state index contributed by atoms with van der Waals surface area (Å²) in [5.74, 6) is 1.35. The number of nitriles is 1. The number of carbonyl (C=O) groups excluding carboxylic acids is 1. The zero-order valence-corrected chi connectivity index (χ0v) is 16.1. The number of rotatable bonds is 6. The Labute approximate surface area is 161 Å². The van der Waals surface area contributed by atoms with Gasteiger partial charge in [-0.1, -0.05) is 37.7 Å². The third kappa shape index (κ3) is 4.34. The molecule has 0 saturated heterocycles. The molecular formula is C18H20N4O4S. The number of benzene rings is 1. The van der Waals surface area contributed by atoms with Gasteiger partial charge in [-0.05, 0) is 25.0 Å². The summed E-state index contributed by atoms with van der Waals surface area (Å²) in [5, 5.41) is 20.2. The summed E-state index contributed by atoms with van der Waals surface area (Å²) in [4.78, 5) is 12.1. The molecule has 1 amide bonds. The third-order valence-electron chi connectivity index (χ3n) is 4.32. The van der Waals surface area contributed by atoms with E-state index in [9.17, 15) is 10.1 Å². The van der Waals surface area contributed by atoms with Gasteiger partial charge < -0.3 is 19.2 Å². The Morgan fingerprint density at radius 3 is 2.85 bits per heavy atom. The van der Waals surface area contributed by atoms with Gasteiger partial charge in [-0.15, -0.1) is 10.2 Å². The maximum Gasteiger partial charge on any atom is 0.277 e. The van der Waals surface area contributed by atoms with Crippen LogP contribution in [0.3, 0.4) is 0 Å². The number of aromatic nitrogens is 2. The lowest BCUT2D eigenvalue weighted by Gasteiger charge is -2.27. The number of para-hydroxylation sites is 2. The van der Waals surface area contributed by atoms with Gasteiger partial charge in [-0.2, -0.15) is 5.26 Å². The van der Waals surface area contributed by atoms with Gasteiger partial charge in [-0.25, -0.2) is 0 Å². The second kappa shape index (κ2) is 7.88. The van der Waals surface area contributed by atoms with Crippen molar-refractivity contribution in [2.24, 2.45) is 5.92 Å². The minimum Gasteiger partial charge on any atom is -0.485 e. The molecule has 0 bridgehead atoms. The lowest BCUT2D eigenvalue weighted by molar-refractivity contribution is -0.120. The van der Waals surface area contributed by atoms with Gasteiger partial charge in [0, 0.05) is 0 Å². The molecule has 0 saturated carbocycles. The summed E-state index contributed by atoms with van der Waals surface area (Å²) in [6.07, 6.45) is -0.501. The summed E-state index contributed by atoms with van der Waals surface area (Å²) in [7, 11) is 0. The van der Waals surface area contributed by atoms with Crippen molar-refractivity contribution in [1.82, 2.24) is 15.5 Å². The molecule has 0 radical (unpaired) electrons.